The highest BCUT2D eigenvalue weighted by molar-refractivity contribution is 7.46. The highest BCUT2D eigenvalue weighted by Gasteiger charge is 2.10. The third kappa shape index (κ3) is 10.1. The average Bonchev–Trinajstić information content (AvgIpc) is 3.13. The zero-order valence-electron chi connectivity index (χ0n) is 28.5. The van der Waals surface area contributed by atoms with E-state index in [9.17, 15) is 0 Å². The molecule has 2 unspecified atom stereocenters. The van der Waals surface area contributed by atoms with Crippen LogP contribution in [0, 0.1) is 13.8 Å². The number of hydrogen-bond donors (Lipinski definition) is 0. The molecule has 0 spiro atoms. The second-order valence-electron chi connectivity index (χ2n) is 13.1. The van der Waals surface area contributed by atoms with E-state index < -0.39 is 0 Å². The Balaban J connectivity index is 1.01. The fraction of sp³-hybridized carbons (Fsp3) is 0.217. The third-order valence-electron chi connectivity index (χ3n) is 9.30. The average molecular weight is 663 g/mol. The molecule has 0 fully saturated rings. The summed E-state index contributed by atoms with van der Waals surface area (Å²) in [5.41, 5.74) is 14.1. The van der Waals surface area contributed by atoms with Crippen molar-refractivity contribution < 1.29 is 0 Å². The monoisotopic (exact) mass is 662 g/mol. The molecule has 48 heavy (non-hydrogen) atoms. The molecule has 0 saturated heterocycles. The van der Waals surface area contributed by atoms with Gasteiger partial charge in [-0.15, -0.1) is 0 Å². The van der Waals surface area contributed by atoms with Crippen LogP contribution in [0.4, 0.5) is 0 Å². The highest BCUT2D eigenvalue weighted by Crippen LogP contribution is 2.34. The van der Waals surface area contributed by atoms with Crippen molar-refractivity contribution in [3.05, 3.63) is 190 Å². The summed E-state index contributed by atoms with van der Waals surface area (Å²) >= 11 is 0. The molecule has 0 bridgehead atoms. The van der Waals surface area contributed by atoms with Gasteiger partial charge in [-0.1, -0.05) is 174 Å². The van der Waals surface area contributed by atoms with Gasteiger partial charge in [0.2, 0.25) is 0 Å². The van der Waals surface area contributed by atoms with Gasteiger partial charge in [0.15, 0.2) is 0 Å². The molecule has 0 N–H and O–H groups in total. The fourth-order valence-corrected chi connectivity index (χ4v) is 8.56. The van der Waals surface area contributed by atoms with Crippen molar-refractivity contribution in [1.29, 1.82) is 0 Å². The Morgan fingerprint density at radius 2 is 0.667 bits per heavy atom. The summed E-state index contributed by atoms with van der Waals surface area (Å²) in [6.45, 7) is 4.31. The molecule has 0 aliphatic heterocycles. The number of benzene rings is 6. The van der Waals surface area contributed by atoms with Crippen molar-refractivity contribution >= 4 is 27.8 Å². The molecule has 2 heteroatoms. The molecule has 6 rings (SSSR count). The molecule has 0 amide bonds. The Morgan fingerprint density at radius 3 is 1.02 bits per heavy atom. The number of rotatable bonds is 15. The van der Waals surface area contributed by atoms with Gasteiger partial charge in [0.05, 0.1) is 0 Å². The largest absolute Gasteiger partial charge is 0.0859 e. The van der Waals surface area contributed by atoms with Crippen molar-refractivity contribution in [3.8, 4) is 11.1 Å². The predicted molar refractivity (Wildman–Crippen MR) is 214 cm³/mol. The van der Waals surface area contributed by atoms with E-state index in [2.05, 4.69) is 159 Å². The van der Waals surface area contributed by atoms with Gasteiger partial charge >= 0.3 is 0 Å². The van der Waals surface area contributed by atoms with E-state index in [0.29, 0.717) is 0 Å². The van der Waals surface area contributed by atoms with Gasteiger partial charge in [0.25, 0.3) is 0 Å². The summed E-state index contributed by atoms with van der Waals surface area (Å²) in [7, 11) is 1.53. The molecule has 242 valence electrons. The van der Waals surface area contributed by atoms with Gasteiger partial charge in [-0.2, -0.15) is 0 Å². The van der Waals surface area contributed by atoms with E-state index in [0.717, 1.165) is 55.2 Å². The third-order valence-corrected chi connectivity index (χ3v) is 11.9. The van der Waals surface area contributed by atoms with E-state index in [1.165, 1.54) is 79.1 Å². The first-order valence-corrected chi connectivity index (χ1v) is 19.9. The van der Waals surface area contributed by atoms with Crippen LogP contribution in [0.1, 0.15) is 57.3 Å². The minimum absolute atomic E-state index is 0.764. The van der Waals surface area contributed by atoms with Crippen LogP contribution in [-0.2, 0) is 38.0 Å². The van der Waals surface area contributed by atoms with E-state index >= 15 is 0 Å². The lowest BCUT2D eigenvalue weighted by atomic mass is 9.97. The lowest BCUT2D eigenvalue weighted by Gasteiger charge is -2.15. The van der Waals surface area contributed by atoms with Crippen molar-refractivity contribution in [1.82, 2.24) is 0 Å². The van der Waals surface area contributed by atoms with Crippen molar-refractivity contribution in [2.24, 2.45) is 0 Å². The van der Waals surface area contributed by atoms with Gasteiger partial charge in [-0.05, 0) is 120 Å². The fourth-order valence-electron chi connectivity index (χ4n) is 6.35. The van der Waals surface area contributed by atoms with E-state index in [4.69, 9.17) is 0 Å². The first-order valence-electron chi connectivity index (χ1n) is 17.5. The minimum atomic E-state index is 0.764. The van der Waals surface area contributed by atoms with Crippen LogP contribution in [0.25, 0.3) is 11.1 Å². The summed E-state index contributed by atoms with van der Waals surface area (Å²) < 4.78 is 0. The zero-order chi connectivity index (χ0) is 33.0. The first-order chi connectivity index (χ1) is 23.6. The van der Waals surface area contributed by atoms with E-state index in [-0.39, 0.29) is 0 Å². The van der Waals surface area contributed by atoms with Crippen LogP contribution in [0.3, 0.4) is 0 Å². The molecule has 0 aliphatic carbocycles. The molecule has 2 atom stereocenters. The van der Waals surface area contributed by atoms with Crippen LogP contribution in [0.2, 0.25) is 0 Å². The first kappa shape index (κ1) is 34.1. The van der Waals surface area contributed by atoms with Gasteiger partial charge < -0.3 is 0 Å². The predicted octanol–water partition coefficient (Wildman–Crippen LogP) is 11.3. The van der Waals surface area contributed by atoms with Crippen molar-refractivity contribution in [2.75, 3.05) is 0 Å². The normalized spacial score (nSPS) is 11.6. The topological polar surface area (TPSA) is 0 Å². The maximum absolute atomic E-state index is 2.35. The van der Waals surface area contributed by atoms with Crippen molar-refractivity contribution in [2.45, 2.75) is 64.7 Å². The lowest BCUT2D eigenvalue weighted by molar-refractivity contribution is 0.820. The maximum Gasteiger partial charge on any atom is -0.00541 e. The lowest BCUT2D eigenvalue weighted by Crippen LogP contribution is -1.99. The summed E-state index contributed by atoms with van der Waals surface area (Å²) in [6.07, 6.45) is 9.09. The molecule has 0 aromatic heterocycles. The van der Waals surface area contributed by atoms with E-state index in [1.807, 2.05) is 0 Å². The van der Waals surface area contributed by atoms with Gasteiger partial charge in [-0.3, -0.25) is 0 Å². The van der Waals surface area contributed by atoms with E-state index in [1.54, 1.807) is 0 Å². The second-order valence-corrected chi connectivity index (χ2v) is 15.7. The van der Waals surface area contributed by atoms with Crippen LogP contribution in [-0.4, -0.2) is 0 Å². The standard InChI is InChI=1S/C46H48P2/c1-35-17-21-37(22-18-35)9-7-11-39-25-29-43(30-26-39)47-33-41-13-3-5-15-45(41)46-16-6-4-14-42(46)34-48-44-31-27-40(28-32-44)12-8-10-38-23-19-36(2)20-24-38/h3-6,13-32,47-48H,7-12,33-34H2,1-2H3. The Hall–Kier alpha value is -3.82. The van der Waals surface area contributed by atoms with Gasteiger partial charge in [0, 0.05) is 0 Å². The molecule has 0 nitrogen and oxygen atoms in total. The molecule has 0 aliphatic rings. The van der Waals surface area contributed by atoms with Crippen LogP contribution < -0.4 is 10.6 Å². The van der Waals surface area contributed by atoms with Crippen LogP contribution >= 0.6 is 17.2 Å². The van der Waals surface area contributed by atoms with Crippen molar-refractivity contribution in [3.63, 3.8) is 0 Å². The Kier molecular flexibility index (Phi) is 12.4. The molecule has 0 saturated carbocycles. The molecule has 0 heterocycles. The Labute approximate surface area is 292 Å². The summed E-state index contributed by atoms with van der Waals surface area (Å²) in [4.78, 5) is 0. The molecule has 6 aromatic rings. The highest BCUT2D eigenvalue weighted by atomic mass is 31.1. The molecule has 0 radical (unpaired) electrons. The second kappa shape index (κ2) is 17.5. The molecular weight excluding hydrogens is 614 g/mol. The van der Waals surface area contributed by atoms with Gasteiger partial charge in [0.1, 0.15) is 0 Å². The summed E-state index contributed by atoms with van der Waals surface area (Å²) in [6, 6.07) is 54.9. The van der Waals surface area contributed by atoms with Crippen LogP contribution in [0.15, 0.2) is 146 Å². The maximum atomic E-state index is 2.35. The molecule has 6 aromatic carbocycles. The smallest absolute Gasteiger partial charge is 0.00541 e. The minimum Gasteiger partial charge on any atom is -0.0859 e. The zero-order valence-corrected chi connectivity index (χ0v) is 30.5. The number of aryl methyl sites for hydroxylation is 6. The van der Waals surface area contributed by atoms with Gasteiger partial charge in [-0.25, -0.2) is 0 Å². The SMILES string of the molecule is Cc1ccc(CCCc2ccc(PCc3ccccc3-c3ccccc3CPc3ccc(CCCc4ccc(C)cc4)cc3)cc2)cc1. The quantitative estimate of drug-likeness (QED) is 0.0960. The summed E-state index contributed by atoms with van der Waals surface area (Å²) in [5.74, 6) is 0. The van der Waals surface area contributed by atoms with Crippen LogP contribution in [0.5, 0.6) is 0 Å². The number of hydrogen-bond acceptors (Lipinski definition) is 0. The Morgan fingerprint density at radius 1 is 0.354 bits per heavy atom. The molecular formula is C46H48P2. The summed E-state index contributed by atoms with van der Waals surface area (Å²) in [5, 5.41) is 2.89. The Bertz CT molecular complexity index is 1710.